The SMILES string of the molecule is O[C@@H]1CCC[C@H]1c1cc(SCc2cccc(F)c2F)ncn1. The van der Waals surface area contributed by atoms with Crippen molar-refractivity contribution >= 4 is 11.8 Å². The maximum absolute atomic E-state index is 13.6. The maximum Gasteiger partial charge on any atom is 0.162 e. The van der Waals surface area contributed by atoms with E-state index >= 15 is 0 Å². The number of benzene rings is 1. The molecule has 1 aromatic heterocycles. The number of aliphatic hydroxyl groups is 1. The fourth-order valence-corrected chi connectivity index (χ4v) is 3.58. The van der Waals surface area contributed by atoms with E-state index in [1.165, 1.54) is 24.2 Å². The monoisotopic (exact) mass is 322 g/mol. The first kappa shape index (κ1) is 15.4. The molecule has 0 bridgehead atoms. The van der Waals surface area contributed by atoms with Gasteiger partial charge < -0.3 is 5.11 Å². The van der Waals surface area contributed by atoms with Crippen LogP contribution in [0.2, 0.25) is 0 Å². The molecule has 1 aliphatic rings. The summed E-state index contributed by atoms with van der Waals surface area (Å²) in [5.74, 6) is -1.30. The topological polar surface area (TPSA) is 46.0 Å². The number of rotatable bonds is 4. The summed E-state index contributed by atoms with van der Waals surface area (Å²) in [6.45, 7) is 0. The Morgan fingerprint density at radius 2 is 2.09 bits per heavy atom. The van der Waals surface area contributed by atoms with Crippen LogP contribution in [0.4, 0.5) is 8.78 Å². The normalized spacial score (nSPS) is 21.2. The summed E-state index contributed by atoms with van der Waals surface area (Å²) >= 11 is 1.33. The first-order chi connectivity index (χ1) is 10.6. The number of nitrogens with zero attached hydrogens (tertiary/aromatic N) is 2. The van der Waals surface area contributed by atoms with E-state index in [-0.39, 0.29) is 12.0 Å². The molecule has 1 N–H and O–H groups in total. The third kappa shape index (κ3) is 3.28. The van der Waals surface area contributed by atoms with Gasteiger partial charge in [0.15, 0.2) is 11.6 Å². The van der Waals surface area contributed by atoms with Crippen molar-refractivity contribution in [2.75, 3.05) is 0 Å². The molecule has 1 saturated carbocycles. The number of hydrogen-bond donors (Lipinski definition) is 1. The van der Waals surface area contributed by atoms with E-state index in [1.54, 1.807) is 6.07 Å². The molecule has 0 spiro atoms. The van der Waals surface area contributed by atoms with Crippen molar-refractivity contribution in [1.82, 2.24) is 9.97 Å². The van der Waals surface area contributed by atoms with Crippen LogP contribution < -0.4 is 0 Å². The van der Waals surface area contributed by atoms with E-state index in [0.29, 0.717) is 16.3 Å². The van der Waals surface area contributed by atoms with Crippen molar-refractivity contribution in [2.24, 2.45) is 0 Å². The van der Waals surface area contributed by atoms with E-state index < -0.39 is 11.6 Å². The molecule has 2 aromatic rings. The molecule has 1 heterocycles. The van der Waals surface area contributed by atoms with Crippen LogP contribution >= 0.6 is 11.8 Å². The molecule has 6 heteroatoms. The van der Waals surface area contributed by atoms with Crippen LogP contribution in [0.3, 0.4) is 0 Å². The van der Waals surface area contributed by atoms with Gasteiger partial charge in [-0.2, -0.15) is 0 Å². The molecule has 0 aliphatic heterocycles. The van der Waals surface area contributed by atoms with Crippen molar-refractivity contribution < 1.29 is 13.9 Å². The highest BCUT2D eigenvalue weighted by atomic mass is 32.2. The predicted molar refractivity (Wildman–Crippen MR) is 80.5 cm³/mol. The molecule has 0 radical (unpaired) electrons. The fraction of sp³-hybridized carbons (Fsp3) is 0.375. The average Bonchev–Trinajstić information content (AvgIpc) is 2.95. The van der Waals surface area contributed by atoms with Gasteiger partial charge in [0.25, 0.3) is 0 Å². The smallest absolute Gasteiger partial charge is 0.162 e. The van der Waals surface area contributed by atoms with Crippen LogP contribution in [0.1, 0.15) is 36.4 Å². The fourth-order valence-electron chi connectivity index (χ4n) is 2.73. The molecule has 1 aromatic carbocycles. The Labute approximate surface area is 131 Å². The minimum Gasteiger partial charge on any atom is -0.392 e. The lowest BCUT2D eigenvalue weighted by molar-refractivity contribution is 0.162. The Kier molecular flexibility index (Phi) is 4.69. The van der Waals surface area contributed by atoms with Crippen molar-refractivity contribution in [3.05, 3.63) is 53.5 Å². The quantitative estimate of drug-likeness (QED) is 0.689. The number of thioether (sulfide) groups is 1. The Bertz CT molecular complexity index is 668. The van der Waals surface area contributed by atoms with Crippen LogP contribution in [0, 0.1) is 11.6 Å². The van der Waals surface area contributed by atoms with Gasteiger partial charge in [0.1, 0.15) is 6.33 Å². The first-order valence-corrected chi connectivity index (χ1v) is 8.19. The summed E-state index contributed by atoms with van der Waals surface area (Å²) in [6.07, 6.45) is 3.82. The van der Waals surface area contributed by atoms with Gasteiger partial charge in [0, 0.05) is 17.2 Å². The van der Waals surface area contributed by atoms with Gasteiger partial charge in [0.2, 0.25) is 0 Å². The summed E-state index contributed by atoms with van der Waals surface area (Å²) in [4.78, 5) is 8.40. The van der Waals surface area contributed by atoms with Gasteiger partial charge in [-0.15, -0.1) is 11.8 Å². The predicted octanol–water partition coefficient (Wildman–Crippen LogP) is 3.68. The van der Waals surface area contributed by atoms with Gasteiger partial charge in [-0.1, -0.05) is 18.6 Å². The van der Waals surface area contributed by atoms with Gasteiger partial charge in [0.05, 0.1) is 16.8 Å². The summed E-state index contributed by atoms with van der Waals surface area (Å²) in [7, 11) is 0. The summed E-state index contributed by atoms with van der Waals surface area (Å²) in [5, 5.41) is 10.7. The lowest BCUT2D eigenvalue weighted by Gasteiger charge is -2.14. The van der Waals surface area contributed by atoms with Crippen molar-refractivity contribution in [3.8, 4) is 0 Å². The second kappa shape index (κ2) is 6.71. The maximum atomic E-state index is 13.6. The molecular formula is C16H16F2N2OS. The molecule has 0 unspecified atom stereocenters. The number of aliphatic hydroxyl groups excluding tert-OH is 1. The molecule has 1 aliphatic carbocycles. The van der Waals surface area contributed by atoms with Crippen molar-refractivity contribution in [2.45, 2.75) is 42.1 Å². The minimum absolute atomic E-state index is 0.0493. The zero-order valence-electron chi connectivity index (χ0n) is 11.9. The Morgan fingerprint density at radius 1 is 1.23 bits per heavy atom. The lowest BCUT2D eigenvalue weighted by atomic mass is 10.0. The third-order valence-corrected chi connectivity index (χ3v) is 4.90. The second-order valence-corrected chi connectivity index (χ2v) is 6.38. The lowest BCUT2D eigenvalue weighted by Crippen LogP contribution is -2.12. The Balaban J connectivity index is 1.72. The first-order valence-electron chi connectivity index (χ1n) is 7.21. The van der Waals surface area contributed by atoms with E-state index in [9.17, 15) is 13.9 Å². The highest BCUT2D eigenvalue weighted by Gasteiger charge is 2.28. The highest BCUT2D eigenvalue weighted by Crippen LogP contribution is 2.34. The van der Waals surface area contributed by atoms with E-state index in [4.69, 9.17) is 0 Å². The van der Waals surface area contributed by atoms with Crippen LogP contribution in [0.15, 0.2) is 35.6 Å². The zero-order chi connectivity index (χ0) is 15.5. The van der Waals surface area contributed by atoms with Crippen molar-refractivity contribution in [1.29, 1.82) is 0 Å². The Hall–Kier alpha value is -1.53. The van der Waals surface area contributed by atoms with Crippen molar-refractivity contribution in [3.63, 3.8) is 0 Å². The number of hydrogen-bond acceptors (Lipinski definition) is 4. The van der Waals surface area contributed by atoms with Crippen LogP contribution in [-0.2, 0) is 5.75 Å². The minimum atomic E-state index is -0.837. The largest absolute Gasteiger partial charge is 0.392 e. The molecule has 22 heavy (non-hydrogen) atoms. The standard InChI is InChI=1S/C16H16F2N2OS/c17-12-5-1-3-10(16(12)18)8-22-15-7-13(19-9-20-15)11-4-2-6-14(11)21/h1,3,5,7,9,11,14,21H,2,4,6,8H2/t11-,14+/m0/s1. The van der Waals surface area contributed by atoms with Gasteiger partial charge >= 0.3 is 0 Å². The number of aromatic nitrogens is 2. The summed E-state index contributed by atoms with van der Waals surface area (Å²) < 4.78 is 26.8. The Morgan fingerprint density at radius 3 is 2.86 bits per heavy atom. The molecule has 1 fully saturated rings. The molecule has 116 valence electrons. The molecule has 3 rings (SSSR count). The molecule has 2 atom stereocenters. The van der Waals surface area contributed by atoms with Crippen LogP contribution in [-0.4, -0.2) is 21.2 Å². The van der Waals surface area contributed by atoms with Gasteiger partial charge in [-0.25, -0.2) is 18.7 Å². The van der Waals surface area contributed by atoms with Crippen LogP contribution in [0.5, 0.6) is 0 Å². The second-order valence-electron chi connectivity index (χ2n) is 5.39. The van der Waals surface area contributed by atoms with Crippen LogP contribution in [0.25, 0.3) is 0 Å². The van der Waals surface area contributed by atoms with E-state index in [2.05, 4.69) is 9.97 Å². The summed E-state index contributed by atoms with van der Waals surface area (Å²) in [6, 6.07) is 6.00. The molecule has 3 nitrogen and oxygen atoms in total. The van der Waals surface area contributed by atoms with Gasteiger partial charge in [-0.3, -0.25) is 0 Å². The molecule has 0 saturated heterocycles. The molecular weight excluding hydrogens is 306 g/mol. The highest BCUT2D eigenvalue weighted by molar-refractivity contribution is 7.98. The van der Waals surface area contributed by atoms with E-state index in [0.717, 1.165) is 31.0 Å². The molecule has 0 amide bonds. The van der Waals surface area contributed by atoms with Gasteiger partial charge in [-0.05, 0) is 25.0 Å². The summed E-state index contributed by atoms with van der Waals surface area (Å²) in [5.41, 5.74) is 1.13. The third-order valence-electron chi connectivity index (χ3n) is 3.93. The zero-order valence-corrected chi connectivity index (χ0v) is 12.7. The number of halogens is 2. The average molecular weight is 322 g/mol. The van der Waals surface area contributed by atoms with E-state index in [1.807, 2.05) is 6.07 Å².